The Morgan fingerprint density at radius 1 is 1.27 bits per heavy atom. The van der Waals surface area contributed by atoms with Gasteiger partial charge in [0.2, 0.25) is 0 Å². The summed E-state index contributed by atoms with van der Waals surface area (Å²) in [5, 5.41) is 14.1. The molecule has 3 aromatic rings. The van der Waals surface area contributed by atoms with E-state index < -0.39 is 0 Å². The molecule has 2 aromatic heterocycles. The smallest absolute Gasteiger partial charge is 0.162 e. The first-order chi connectivity index (χ1) is 7.38. The third-order valence-electron chi connectivity index (χ3n) is 2.29. The van der Waals surface area contributed by atoms with Gasteiger partial charge in [0, 0.05) is 11.6 Å². The highest BCUT2D eigenvalue weighted by Crippen LogP contribution is 2.16. The number of nitriles is 1. The molecule has 0 fully saturated rings. The molecule has 0 aliphatic rings. The van der Waals surface area contributed by atoms with Crippen LogP contribution in [0.2, 0.25) is 0 Å². The number of rotatable bonds is 0. The van der Waals surface area contributed by atoms with Gasteiger partial charge in [-0.1, -0.05) is 12.1 Å². The average molecular weight is 194 g/mol. The van der Waals surface area contributed by atoms with Gasteiger partial charge in [-0.05, 0) is 12.1 Å². The third kappa shape index (κ3) is 1.07. The van der Waals surface area contributed by atoms with E-state index in [-0.39, 0.29) is 0 Å². The van der Waals surface area contributed by atoms with Gasteiger partial charge in [-0.25, -0.2) is 9.50 Å². The summed E-state index contributed by atoms with van der Waals surface area (Å²) in [6, 6.07) is 9.81. The number of hydrogen-bond acceptors (Lipinski definition) is 3. The average Bonchev–Trinajstić information content (AvgIpc) is 2.66. The van der Waals surface area contributed by atoms with Crippen molar-refractivity contribution in [2.24, 2.45) is 0 Å². The fourth-order valence-electron chi connectivity index (χ4n) is 1.61. The summed E-state index contributed by atoms with van der Waals surface area (Å²) in [6.45, 7) is 0. The minimum atomic E-state index is 0.510. The summed E-state index contributed by atoms with van der Waals surface area (Å²) < 4.78 is 1.64. The van der Waals surface area contributed by atoms with Gasteiger partial charge in [0.1, 0.15) is 6.07 Å². The van der Waals surface area contributed by atoms with Crippen LogP contribution >= 0.6 is 0 Å². The van der Waals surface area contributed by atoms with Crippen LogP contribution in [0.1, 0.15) is 5.56 Å². The molecule has 0 amide bonds. The van der Waals surface area contributed by atoms with Crippen LogP contribution in [-0.2, 0) is 0 Å². The largest absolute Gasteiger partial charge is 0.235 e. The molecule has 0 unspecified atom stereocenters. The van der Waals surface area contributed by atoms with Gasteiger partial charge in [0.15, 0.2) is 5.65 Å². The maximum atomic E-state index is 8.74. The normalized spacial score (nSPS) is 10.6. The van der Waals surface area contributed by atoms with E-state index in [9.17, 15) is 0 Å². The number of nitrogens with zero attached hydrogens (tertiary/aromatic N) is 4. The Hall–Kier alpha value is -2.41. The molecule has 3 rings (SSSR count). The van der Waals surface area contributed by atoms with Crippen LogP contribution in [0.3, 0.4) is 0 Å². The Morgan fingerprint density at radius 2 is 2.13 bits per heavy atom. The molecule has 4 nitrogen and oxygen atoms in total. The van der Waals surface area contributed by atoms with Crippen molar-refractivity contribution in [3.8, 4) is 6.07 Å². The van der Waals surface area contributed by atoms with Crippen LogP contribution in [0, 0.1) is 11.3 Å². The molecule has 0 bridgehead atoms. The van der Waals surface area contributed by atoms with Crippen LogP contribution in [0.5, 0.6) is 0 Å². The number of aromatic nitrogens is 3. The van der Waals surface area contributed by atoms with Crippen molar-refractivity contribution in [2.45, 2.75) is 0 Å². The third-order valence-corrected chi connectivity index (χ3v) is 2.29. The summed E-state index contributed by atoms with van der Waals surface area (Å²) in [6.07, 6.45) is 3.24. The molecule has 0 spiro atoms. The van der Waals surface area contributed by atoms with E-state index in [0.717, 1.165) is 16.6 Å². The van der Waals surface area contributed by atoms with Crippen molar-refractivity contribution in [3.63, 3.8) is 0 Å². The topological polar surface area (TPSA) is 54.0 Å². The van der Waals surface area contributed by atoms with Crippen molar-refractivity contribution in [3.05, 3.63) is 42.2 Å². The fraction of sp³-hybridized carbons (Fsp3) is 0. The summed E-state index contributed by atoms with van der Waals surface area (Å²) in [5.74, 6) is 0. The quantitative estimate of drug-likeness (QED) is 0.547. The van der Waals surface area contributed by atoms with Crippen molar-refractivity contribution in [1.29, 1.82) is 5.26 Å². The van der Waals surface area contributed by atoms with Crippen molar-refractivity contribution >= 4 is 16.6 Å². The van der Waals surface area contributed by atoms with Gasteiger partial charge < -0.3 is 0 Å². The second-order valence-corrected chi connectivity index (χ2v) is 3.24. The molecular formula is C11H6N4. The summed E-state index contributed by atoms with van der Waals surface area (Å²) in [4.78, 5) is 4.22. The number of benzene rings is 1. The highest BCUT2D eigenvalue weighted by Gasteiger charge is 2.04. The molecule has 2 heterocycles. The molecule has 4 heteroatoms. The summed E-state index contributed by atoms with van der Waals surface area (Å²) in [7, 11) is 0. The van der Waals surface area contributed by atoms with Gasteiger partial charge in [0.25, 0.3) is 0 Å². The summed E-state index contributed by atoms with van der Waals surface area (Å²) >= 11 is 0. The molecule has 15 heavy (non-hydrogen) atoms. The Kier molecular flexibility index (Phi) is 1.48. The lowest BCUT2D eigenvalue weighted by Crippen LogP contribution is -1.90. The molecule has 0 radical (unpaired) electrons. The van der Waals surface area contributed by atoms with Crippen molar-refractivity contribution in [2.75, 3.05) is 0 Å². The van der Waals surface area contributed by atoms with Gasteiger partial charge in [-0.2, -0.15) is 10.4 Å². The van der Waals surface area contributed by atoms with Crippen LogP contribution in [-0.4, -0.2) is 14.6 Å². The zero-order valence-corrected chi connectivity index (χ0v) is 7.75. The SMILES string of the molecule is N#Cc1cnc2c3ccccc3nn2c1. The van der Waals surface area contributed by atoms with Crippen LogP contribution in [0.25, 0.3) is 16.6 Å². The highest BCUT2D eigenvalue weighted by molar-refractivity contribution is 5.91. The zero-order chi connectivity index (χ0) is 10.3. The molecule has 1 aromatic carbocycles. The molecule has 0 aliphatic heterocycles. The zero-order valence-electron chi connectivity index (χ0n) is 7.75. The lowest BCUT2D eigenvalue weighted by molar-refractivity contribution is 0.951. The predicted octanol–water partition coefficient (Wildman–Crippen LogP) is 1.75. The molecule has 0 aliphatic carbocycles. The first-order valence-corrected chi connectivity index (χ1v) is 4.52. The van der Waals surface area contributed by atoms with E-state index in [4.69, 9.17) is 5.26 Å². The van der Waals surface area contributed by atoms with Gasteiger partial charge in [0.05, 0.1) is 17.3 Å². The lowest BCUT2D eigenvalue weighted by Gasteiger charge is -1.91. The molecule has 0 N–H and O–H groups in total. The Labute approximate surface area is 85.4 Å². The Balaban J connectivity index is 2.50. The Morgan fingerprint density at radius 3 is 3.00 bits per heavy atom. The van der Waals surface area contributed by atoms with E-state index in [0.29, 0.717) is 5.56 Å². The fourth-order valence-corrected chi connectivity index (χ4v) is 1.61. The minimum absolute atomic E-state index is 0.510. The van der Waals surface area contributed by atoms with Gasteiger partial charge >= 0.3 is 0 Å². The van der Waals surface area contributed by atoms with E-state index in [1.54, 1.807) is 16.9 Å². The molecule has 0 atom stereocenters. The van der Waals surface area contributed by atoms with Crippen LogP contribution < -0.4 is 0 Å². The van der Waals surface area contributed by atoms with E-state index in [1.807, 2.05) is 30.3 Å². The molecule has 0 saturated heterocycles. The van der Waals surface area contributed by atoms with Crippen LogP contribution in [0.15, 0.2) is 36.7 Å². The first kappa shape index (κ1) is 7.94. The monoisotopic (exact) mass is 194 g/mol. The van der Waals surface area contributed by atoms with Gasteiger partial charge in [-0.3, -0.25) is 0 Å². The van der Waals surface area contributed by atoms with Crippen molar-refractivity contribution < 1.29 is 0 Å². The molecular weight excluding hydrogens is 188 g/mol. The lowest BCUT2D eigenvalue weighted by atomic mass is 10.2. The van der Waals surface area contributed by atoms with E-state index in [2.05, 4.69) is 10.1 Å². The summed E-state index contributed by atoms with van der Waals surface area (Å²) in [5.41, 5.74) is 2.18. The molecule has 70 valence electrons. The minimum Gasteiger partial charge on any atom is -0.235 e. The highest BCUT2D eigenvalue weighted by atomic mass is 15.2. The van der Waals surface area contributed by atoms with Crippen molar-refractivity contribution in [1.82, 2.24) is 14.6 Å². The standard InChI is InChI=1S/C11H6N4/c12-5-8-6-13-11-9-3-1-2-4-10(9)14-15(11)7-8/h1-4,6-7H. The second-order valence-electron chi connectivity index (χ2n) is 3.24. The molecule has 0 saturated carbocycles. The maximum Gasteiger partial charge on any atom is 0.162 e. The Bertz CT molecular complexity index is 690. The number of hydrogen-bond donors (Lipinski definition) is 0. The first-order valence-electron chi connectivity index (χ1n) is 4.52. The van der Waals surface area contributed by atoms with E-state index >= 15 is 0 Å². The maximum absolute atomic E-state index is 8.74. The predicted molar refractivity (Wildman–Crippen MR) is 55.2 cm³/mol. The van der Waals surface area contributed by atoms with Gasteiger partial charge in [-0.15, -0.1) is 0 Å². The second kappa shape index (κ2) is 2.79. The van der Waals surface area contributed by atoms with E-state index in [1.165, 1.54) is 0 Å². The number of fused-ring (bicyclic) bond motifs is 3. The van der Waals surface area contributed by atoms with Crippen LogP contribution in [0.4, 0.5) is 0 Å².